The van der Waals surface area contributed by atoms with Crippen LogP contribution >= 0.6 is 0 Å². The van der Waals surface area contributed by atoms with Gasteiger partial charge in [-0.3, -0.25) is 4.79 Å². The molecule has 194 valence electrons. The van der Waals surface area contributed by atoms with Crippen molar-refractivity contribution >= 4 is 5.97 Å². The fourth-order valence-corrected chi connectivity index (χ4v) is 10.6. The van der Waals surface area contributed by atoms with Gasteiger partial charge < -0.3 is 9.84 Å². The molecule has 34 heavy (non-hydrogen) atoms. The number of methoxy groups -OCH3 is 1. The van der Waals surface area contributed by atoms with Crippen molar-refractivity contribution in [2.24, 2.45) is 58.2 Å². The summed E-state index contributed by atoms with van der Waals surface area (Å²) >= 11 is 0. The van der Waals surface area contributed by atoms with Crippen LogP contribution < -0.4 is 0 Å². The molecule has 5 rings (SSSR count). The van der Waals surface area contributed by atoms with Crippen LogP contribution in [0.3, 0.4) is 0 Å². The van der Waals surface area contributed by atoms with Gasteiger partial charge in [0.1, 0.15) is 0 Å². The van der Waals surface area contributed by atoms with Gasteiger partial charge in [-0.2, -0.15) is 0 Å². The summed E-state index contributed by atoms with van der Waals surface area (Å²) in [6.45, 7) is 10.0. The fourth-order valence-electron chi connectivity index (χ4n) is 10.6. The van der Waals surface area contributed by atoms with Crippen molar-refractivity contribution in [3.05, 3.63) is 0 Å². The smallest absolute Gasteiger partial charge is 0.305 e. The Hall–Kier alpha value is -0.570. The summed E-state index contributed by atoms with van der Waals surface area (Å²) < 4.78 is 4.90. The molecular weight excluding hydrogens is 420 g/mol. The number of hydrogen-bond donors (Lipinski definition) is 1. The maximum atomic E-state index is 11.7. The molecule has 3 heteroatoms. The van der Waals surface area contributed by atoms with Crippen LogP contribution in [-0.2, 0) is 9.53 Å². The summed E-state index contributed by atoms with van der Waals surface area (Å²) in [6.07, 6.45) is 17.0. The normalized spacial score (nSPS) is 49.0. The molecule has 5 saturated carbocycles. The van der Waals surface area contributed by atoms with E-state index >= 15 is 0 Å². The number of carbonyl (C=O) groups is 1. The van der Waals surface area contributed by atoms with Gasteiger partial charge in [-0.25, -0.2) is 0 Å². The third kappa shape index (κ3) is 4.08. The second-order valence-corrected chi connectivity index (χ2v) is 14.2. The quantitative estimate of drug-likeness (QED) is 0.393. The second kappa shape index (κ2) is 9.07. The van der Waals surface area contributed by atoms with Crippen LogP contribution in [0.25, 0.3) is 0 Å². The minimum atomic E-state index is -0.394. The molecule has 0 bridgehead atoms. The molecule has 0 spiro atoms. The predicted octanol–water partition coefficient (Wildman–Crippen LogP) is 7.40. The average molecular weight is 473 g/mol. The zero-order valence-corrected chi connectivity index (χ0v) is 22.8. The maximum absolute atomic E-state index is 11.7. The van der Waals surface area contributed by atoms with Crippen molar-refractivity contribution in [2.75, 3.05) is 7.11 Å². The standard InChI is InChI=1S/C31H52O3/c1-6-31(33)17-16-29(3)22(19-31)12-13-23-25(29)14-15-30(4)26(18-24(28(23)30)21-10-11-21)20(2)8-7-9-27(32)34-5/h20-26,28,33H,6-19H2,1-5H3/t20-,22+,23-,24-,25+,26-,28-,29+,30-,31+/m1/s1. The van der Waals surface area contributed by atoms with E-state index in [-0.39, 0.29) is 5.97 Å². The maximum Gasteiger partial charge on any atom is 0.305 e. The van der Waals surface area contributed by atoms with E-state index in [4.69, 9.17) is 4.74 Å². The van der Waals surface area contributed by atoms with E-state index in [2.05, 4.69) is 27.7 Å². The third-order valence-electron chi connectivity index (χ3n) is 12.8. The van der Waals surface area contributed by atoms with E-state index < -0.39 is 5.60 Å². The molecule has 0 aromatic rings. The number of ether oxygens (including phenoxy) is 1. The summed E-state index contributed by atoms with van der Waals surface area (Å²) in [5.41, 5.74) is 0.542. The van der Waals surface area contributed by atoms with Gasteiger partial charge in [-0.15, -0.1) is 0 Å². The fraction of sp³-hybridized carbons (Fsp3) is 0.968. The number of carbonyl (C=O) groups excluding carboxylic acids is 1. The first-order chi connectivity index (χ1) is 16.1. The Kier molecular flexibility index (Phi) is 6.69. The molecule has 5 aliphatic carbocycles. The van der Waals surface area contributed by atoms with Crippen molar-refractivity contribution in [2.45, 2.75) is 123 Å². The second-order valence-electron chi connectivity index (χ2n) is 14.2. The first-order valence-electron chi connectivity index (χ1n) is 14.9. The monoisotopic (exact) mass is 472 g/mol. The minimum absolute atomic E-state index is 0.0495. The summed E-state index contributed by atoms with van der Waals surface area (Å²) in [6, 6.07) is 0. The largest absolute Gasteiger partial charge is 0.469 e. The molecule has 0 aromatic heterocycles. The van der Waals surface area contributed by atoms with Crippen molar-refractivity contribution < 1.29 is 14.6 Å². The molecule has 1 N–H and O–H groups in total. The van der Waals surface area contributed by atoms with E-state index in [0.29, 0.717) is 23.2 Å². The van der Waals surface area contributed by atoms with Gasteiger partial charge >= 0.3 is 5.97 Å². The first kappa shape index (κ1) is 25.1. The highest BCUT2D eigenvalue weighted by molar-refractivity contribution is 5.68. The highest BCUT2D eigenvalue weighted by Gasteiger charge is 2.65. The molecule has 3 nitrogen and oxygen atoms in total. The molecule has 0 heterocycles. The number of esters is 1. The Labute approximate surface area is 209 Å². The van der Waals surface area contributed by atoms with Crippen molar-refractivity contribution in [3.63, 3.8) is 0 Å². The molecule has 10 atom stereocenters. The summed E-state index contributed by atoms with van der Waals surface area (Å²) in [5.74, 6) is 6.85. The van der Waals surface area contributed by atoms with Gasteiger partial charge in [0, 0.05) is 6.42 Å². The number of rotatable bonds is 7. The number of fused-ring (bicyclic) bond motifs is 5. The zero-order chi connectivity index (χ0) is 24.3. The molecule has 0 unspecified atom stereocenters. The molecule has 0 radical (unpaired) electrons. The van der Waals surface area contributed by atoms with Gasteiger partial charge in [-0.1, -0.05) is 27.7 Å². The lowest BCUT2D eigenvalue weighted by atomic mass is 9.43. The lowest BCUT2D eigenvalue weighted by Gasteiger charge is -2.63. The van der Waals surface area contributed by atoms with Crippen molar-refractivity contribution in [3.8, 4) is 0 Å². The van der Waals surface area contributed by atoms with Crippen LogP contribution in [0.4, 0.5) is 0 Å². The molecule has 0 aliphatic heterocycles. The van der Waals surface area contributed by atoms with E-state index in [1.165, 1.54) is 64.9 Å². The molecular formula is C31H52O3. The third-order valence-corrected chi connectivity index (χ3v) is 12.8. The predicted molar refractivity (Wildman–Crippen MR) is 137 cm³/mol. The topological polar surface area (TPSA) is 46.5 Å². The minimum Gasteiger partial charge on any atom is -0.469 e. The Morgan fingerprint density at radius 2 is 1.79 bits per heavy atom. The lowest BCUT2D eigenvalue weighted by Crippen LogP contribution is -2.56. The van der Waals surface area contributed by atoms with Gasteiger partial charge in [0.2, 0.25) is 0 Å². The van der Waals surface area contributed by atoms with Crippen LogP contribution in [0.1, 0.15) is 118 Å². The van der Waals surface area contributed by atoms with Crippen molar-refractivity contribution in [1.82, 2.24) is 0 Å². The Morgan fingerprint density at radius 1 is 1.03 bits per heavy atom. The molecule has 0 saturated heterocycles. The Balaban J connectivity index is 1.35. The highest BCUT2D eigenvalue weighted by Crippen LogP contribution is 2.72. The number of hydrogen-bond acceptors (Lipinski definition) is 3. The number of aliphatic hydroxyl groups is 1. The van der Waals surface area contributed by atoms with E-state index in [9.17, 15) is 9.90 Å². The SMILES string of the molecule is CC[C@]1(O)CC[C@@]2(C)[C@@H](CC[C@H]3[C@@H]4[C@@H](C5CC5)C[C@H]([C@H](C)CCCC(=O)OC)[C@@]4(C)CC[C@@H]32)C1. The van der Waals surface area contributed by atoms with Gasteiger partial charge in [0.05, 0.1) is 12.7 Å². The summed E-state index contributed by atoms with van der Waals surface area (Å²) in [7, 11) is 1.51. The van der Waals surface area contributed by atoms with E-state index in [0.717, 1.165) is 67.1 Å². The van der Waals surface area contributed by atoms with Crippen molar-refractivity contribution in [1.29, 1.82) is 0 Å². The van der Waals surface area contributed by atoms with Crippen LogP contribution in [0.5, 0.6) is 0 Å². The van der Waals surface area contributed by atoms with Crippen LogP contribution in [0.15, 0.2) is 0 Å². The van der Waals surface area contributed by atoms with Crippen LogP contribution in [0, 0.1) is 58.2 Å². The zero-order valence-electron chi connectivity index (χ0n) is 22.8. The van der Waals surface area contributed by atoms with E-state index in [1.54, 1.807) is 0 Å². The molecule has 0 amide bonds. The van der Waals surface area contributed by atoms with Gasteiger partial charge in [-0.05, 0) is 142 Å². The van der Waals surface area contributed by atoms with Gasteiger partial charge in [0.25, 0.3) is 0 Å². The molecule has 5 fully saturated rings. The highest BCUT2D eigenvalue weighted by atomic mass is 16.5. The molecule has 5 aliphatic rings. The summed E-state index contributed by atoms with van der Waals surface area (Å²) in [4.78, 5) is 11.7. The van der Waals surface area contributed by atoms with Gasteiger partial charge in [0.15, 0.2) is 0 Å². The van der Waals surface area contributed by atoms with Crippen LogP contribution in [0.2, 0.25) is 0 Å². The Bertz CT molecular complexity index is 760. The first-order valence-corrected chi connectivity index (χ1v) is 14.9. The molecule has 0 aromatic carbocycles. The average Bonchev–Trinajstić information content (AvgIpc) is 3.61. The summed E-state index contributed by atoms with van der Waals surface area (Å²) in [5, 5.41) is 11.1. The van der Waals surface area contributed by atoms with Crippen LogP contribution in [-0.4, -0.2) is 23.8 Å². The lowest BCUT2D eigenvalue weighted by molar-refractivity contribution is -0.158. The van der Waals surface area contributed by atoms with E-state index in [1.807, 2.05) is 0 Å². The Morgan fingerprint density at radius 3 is 2.47 bits per heavy atom.